The fraction of sp³-hybridized carbons (Fsp3) is 0.333. The number of amides is 2. The second-order valence-corrected chi connectivity index (χ2v) is 7.38. The molecule has 0 spiro atoms. The first kappa shape index (κ1) is 23.0. The molecule has 0 radical (unpaired) electrons. The molecule has 1 aliphatic heterocycles. The van der Waals surface area contributed by atoms with Crippen LogP contribution in [0.4, 0.5) is 23.2 Å². The van der Waals surface area contributed by atoms with Crippen LogP contribution in [0.1, 0.15) is 51.0 Å². The zero-order valence-corrected chi connectivity index (χ0v) is 17.1. The summed E-state index contributed by atoms with van der Waals surface area (Å²) in [5.41, 5.74) is 0.386. The fourth-order valence-corrected chi connectivity index (χ4v) is 3.65. The van der Waals surface area contributed by atoms with E-state index in [1.54, 1.807) is 16.0 Å². The first-order valence-corrected chi connectivity index (χ1v) is 9.60. The highest BCUT2D eigenvalue weighted by Crippen LogP contribution is 2.30. The molecule has 1 aliphatic rings. The monoisotopic (exact) mass is 450 g/mol. The fourth-order valence-electron chi connectivity index (χ4n) is 3.65. The van der Waals surface area contributed by atoms with Crippen molar-refractivity contribution < 1.29 is 31.9 Å². The molecule has 11 heteroatoms. The molecule has 32 heavy (non-hydrogen) atoms. The average molecular weight is 450 g/mol. The van der Waals surface area contributed by atoms with Gasteiger partial charge in [0, 0.05) is 17.9 Å². The van der Waals surface area contributed by atoms with Crippen LogP contribution in [-0.2, 0) is 17.8 Å². The molecule has 0 fully saturated rings. The Morgan fingerprint density at radius 1 is 1.25 bits per heavy atom. The average Bonchev–Trinajstić information content (AvgIpc) is 3.27. The van der Waals surface area contributed by atoms with E-state index in [2.05, 4.69) is 5.32 Å². The van der Waals surface area contributed by atoms with Gasteiger partial charge in [-0.25, -0.2) is 4.39 Å². The van der Waals surface area contributed by atoms with Crippen LogP contribution in [0, 0.1) is 24.1 Å². The maximum atomic E-state index is 13.5. The number of hydrogen-bond donors (Lipinski definition) is 2. The van der Waals surface area contributed by atoms with Gasteiger partial charge < -0.3 is 15.2 Å². The Balaban J connectivity index is 1.92. The highest BCUT2D eigenvalue weighted by atomic mass is 19.4. The number of aromatic nitrogens is 1. The summed E-state index contributed by atoms with van der Waals surface area (Å²) in [6.45, 7) is 2.53. The predicted octanol–water partition coefficient (Wildman–Crippen LogP) is 3.26. The third-order valence-electron chi connectivity index (χ3n) is 5.24. The number of halogens is 4. The van der Waals surface area contributed by atoms with E-state index in [4.69, 9.17) is 5.26 Å². The summed E-state index contributed by atoms with van der Waals surface area (Å²) in [6, 6.07) is 2.87. The van der Waals surface area contributed by atoms with Crippen molar-refractivity contribution in [1.29, 1.82) is 5.26 Å². The first-order valence-electron chi connectivity index (χ1n) is 9.60. The molecule has 0 saturated carbocycles. The Labute approximate surface area is 180 Å². The number of rotatable bonds is 5. The van der Waals surface area contributed by atoms with Crippen molar-refractivity contribution in [2.45, 2.75) is 45.5 Å². The molecule has 1 aromatic heterocycles. The number of hydrogen-bond acceptors (Lipinski definition) is 4. The third-order valence-corrected chi connectivity index (χ3v) is 5.24. The maximum Gasteiger partial charge on any atom is 0.408 e. The van der Waals surface area contributed by atoms with E-state index in [0.29, 0.717) is 25.1 Å². The normalized spacial score (nSPS) is 13.8. The summed E-state index contributed by atoms with van der Waals surface area (Å²) in [7, 11) is 0. The number of fused-ring (bicyclic) bond motifs is 1. The summed E-state index contributed by atoms with van der Waals surface area (Å²) in [6.07, 6.45) is -3.77. The molecule has 1 atom stereocenters. The molecule has 2 amide bonds. The van der Waals surface area contributed by atoms with Crippen molar-refractivity contribution in [2.75, 3.05) is 5.32 Å². The minimum Gasteiger partial charge on any atom is -0.340 e. The molecule has 2 aromatic rings. The van der Waals surface area contributed by atoms with Crippen LogP contribution in [0.2, 0.25) is 0 Å². The highest BCUT2D eigenvalue weighted by molar-refractivity contribution is 6.43. The smallest absolute Gasteiger partial charge is 0.340 e. The second kappa shape index (κ2) is 8.45. The summed E-state index contributed by atoms with van der Waals surface area (Å²) in [5.74, 6) is -3.99. The number of benzene rings is 1. The van der Waals surface area contributed by atoms with Gasteiger partial charge in [0.25, 0.3) is 17.6 Å². The van der Waals surface area contributed by atoms with Gasteiger partial charge in [0.2, 0.25) is 0 Å². The number of carbonyl (C=O) groups excluding carboxylic acids is 3. The Bertz CT molecular complexity index is 1160. The number of carbonyl (C=O) groups is 3. The SMILES string of the molecule is Cc1c(C(=O)C(=O)N[C@@H](C)C(F)(F)F)c2n(c1C(=O)Nc1ccc(F)c(C#N)c1)CCC2. The van der Waals surface area contributed by atoms with E-state index in [1.807, 2.05) is 0 Å². The van der Waals surface area contributed by atoms with Crippen LogP contribution in [0.15, 0.2) is 18.2 Å². The van der Waals surface area contributed by atoms with Crippen molar-refractivity contribution in [3.8, 4) is 6.07 Å². The van der Waals surface area contributed by atoms with E-state index in [-0.39, 0.29) is 28.1 Å². The van der Waals surface area contributed by atoms with Crippen LogP contribution >= 0.6 is 0 Å². The first-order chi connectivity index (χ1) is 15.0. The number of nitrogens with zero attached hydrogens (tertiary/aromatic N) is 2. The Morgan fingerprint density at radius 2 is 1.94 bits per heavy atom. The number of Topliss-reactive ketones (excluding diaryl/α,β-unsaturated/α-hetero) is 1. The molecule has 0 saturated heterocycles. The van der Waals surface area contributed by atoms with Crippen LogP contribution in [0.3, 0.4) is 0 Å². The molecule has 7 nitrogen and oxygen atoms in total. The van der Waals surface area contributed by atoms with Crippen molar-refractivity contribution in [3.63, 3.8) is 0 Å². The molecule has 3 rings (SSSR count). The van der Waals surface area contributed by atoms with Gasteiger partial charge in [-0.1, -0.05) is 0 Å². The summed E-state index contributed by atoms with van der Waals surface area (Å²) >= 11 is 0. The third kappa shape index (κ3) is 4.21. The molecule has 0 aliphatic carbocycles. The van der Waals surface area contributed by atoms with Crippen LogP contribution in [0.25, 0.3) is 0 Å². The zero-order chi connectivity index (χ0) is 23.8. The van der Waals surface area contributed by atoms with Crippen molar-refractivity contribution in [1.82, 2.24) is 9.88 Å². The van der Waals surface area contributed by atoms with Gasteiger partial charge in [0.05, 0.1) is 11.1 Å². The van der Waals surface area contributed by atoms with Crippen molar-refractivity contribution in [2.24, 2.45) is 0 Å². The highest BCUT2D eigenvalue weighted by Gasteiger charge is 2.39. The lowest BCUT2D eigenvalue weighted by atomic mass is 10.0. The maximum absolute atomic E-state index is 13.5. The predicted molar refractivity (Wildman–Crippen MR) is 105 cm³/mol. The van der Waals surface area contributed by atoms with Gasteiger partial charge in [0.1, 0.15) is 23.6 Å². The molecule has 2 heterocycles. The molecule has 0 unspecified atom stereocenters. The van der Waals surface area contributed by atoms with E-state index in [0.717, 1.165) is 19.1 Å². The minimum absolute atomic E-state index is 0.0698. The largest absolute Gasteiger partial charge is 0.408 e. The number of anilines is 1. The lowest BCUT2D eigenvalue weighted by molar-refractivity contribution is -0.156. The van der Waals surface area contributed by atoms with Gasteiger partial charge in [-0.05, 0) is 50.5 Å². The number of nitrogens with one attached hydrogen (secondary N) is 2. The van der Waals surface area contributed by atoms with Crippen LogP contribution in [0.5, 0.6) is 0 Å². The standard InChI is InChI=1S/C21H18F4N4O3/c1-10-16(18(30)20(32)27-11(2)21(23,24)25)15-4-3-7-29(15)17(10)19(31)28-13-5-6-14(22)12(8-13)9-26/h5-6,8,11H,3-4,7H2,1-2H3,(H,27,32)(H,28,31)/t11-/m0/s1. The molecule has 2 N–H and O–H groups in total. The van der Waals surface area contributed by atoms with E-state index >= 15 is 0 Å². The topological polar surface area (TPSA) is 104 Å². The molecular formula is C21H18F4N4O3. The lowest BCUT2D eigenvalue weighted by Gasteiger charge is -2.16. The molecular weight excluding hydrogens is 432 g/mol. The second-order valence-electron chi connectivity index (χ2n) is 7.38. The summed E-state index contributed by atoms with van der Waals surface area (Å²) in [4.78, 5) is 37.8. The Hall–Kier alpha value is -3.68. The lowest BCUT2D eigenvalue weighted by Crippen LogP contribution is -2.46. The van der Waals surface area contributed by atoms with Gasteiger partial charge in [-0.15, -0.1) is 0 Å². The van der Waals surface area contributed by atoms with Crippen molar-refractivity contribution >= 4 is 23.3 Å². The minimum atomic E-state index is -4.71. The van der Waals surface area contributed by atoms with Crippen LogP contribution in [-0.4, -0.2) is 34.4 Å². The Morgan fingerprint density at radius 3 is 2.56 bits per heavy atom. The molecule has 1 aromatic carbocycles. The number of nitriles is 1. The quantitative estimate of drug-likeness (QED) is 0.415. The Kier molecular flexibility index (Phi) is 6.07. The van der Waals surface area contributed by atoms with E-state index < -0.39 is 35.6 Å². The van der Waals surface area contributed by atoms with Crippen LogP contribution < -0.4 is 10.6 Å². The zero-order valence-electron chi connectivity index (χ0n) is 17.1. The molecule has 168 valence electrons. The summed E-state index contributed by atoms with van der Waals surface area (Å²) < 4.78 is 53.3. The van der Waals surface area contributed by atoms with Gasteiger partial charge in [0.15, 0.2) is 0 Å². The number of alkyl halides is 3. The van der Waals surface area contributed by atoms with Crippen molar-refractivity contribution in [3.05, 3.63) is 52.1 Å². The van der Waals surface area contributed by atoms with Gasteiger partial charge >= 0.3 is 6.18 Å². The van der Waals surface area contributed by atoms with Gasteiger partial charge in [-0.3, -0.25) is 14.4 Å². The molecule has 0 bridgehead atoms. The van der Waals surface area contributed by atoms with E-state index in [9.17, 15) is 31.9 Å². The summed E-state index contributed by atoms with van der Waals surface area (Å²) in [5, 5.41) is 13.1. The number of ketones is 1. The van der Waals surface area contributed by atoms with E-state index in [1.165, 1.54) is 13.0 Å². The van der Waals surface area contributed by atoms with Gasteiger partial charge in [-0.2, -0.15) is 18.4 Å².